The monoisotopic (exact) mass is 386 g/mol. The summed E-state index contributed by atoms with van der Waals surface area (Å²) in [6.07, 6.45) is 1.70. The van der Waals surface area contributed by atoms with Gasteiger partial charge in [0.15, 0.2) is 0 Å². The number of anilines is 2. The third-order valence-electron chi connectivity index (χ3n) is 5.41. The van der Waals surface area contributed by atoms with Crippen LogP contribution in [0.4, 0.5) is 11.4 Å². The second-order valence-corrected chi connectivity index (χ2v) is 7.32. The van der Waals surface area contributed by atoms with Gasteiger partial charge in [-0.1, -0.05) is 42.5 Å². The number of amides is 1. The molecule has 1 aliphatic heterocycles. The molecule has 2 aromatic carbocycles. The zero-order valence-electron chi connectivity index (χ0n) is 16.7. The number of aryl methyl sites for hydroxylation is 1. The van der Waals surface area contributed by atoms with Crippen LogP contribution in [0.25, 0.3) is 0 Å². The molecule has 1 saturated heterocycles. The molecule has 5 heteroatoms. The van der Waals surface area contributed by atoms with Gasteiger partial charge in [0, 0.05) is 50.3 Å². The normalized spacial score (nSPS) is 14.0. The molecular weight excluding hydrogens is 360 g/mol. The lowest BCUT2D eigenvalue weighted by Crippen LogP contribution is -2.49. The van der Waals surface area contributed by atoms with Gasteiger partial charge in [-0.2, -0.15) is 0 Å². The summed E-state index contributed by atoms with van der Waals surface area (Å²) in [7, 11) is 0. The van der Waals surface area contributed by atoms with Gasteiger partial charge in [-0.3, -0.25) is 9.78 Å². The SMILES string of the molecule is Cc1ccccc1CNc1ccnc(C(=O)N2CCN(c3ccccc3)CC2)c1. The van der Waals surface area contributed by atoms with Gasteiger partial charge in [0.1, 0.15) is 5.69 Å². The molecule has 0 unspecified atom stereocenters. The number of benzene rings is 2. The molecule has 1 aliphatic rings. The topological polar surface area (TPSA) is 48.5 Å². The van der Waals surface area contributed by atoms with E-state index in [-0.39, 0.29) is 5.91 Å². The smallest absolute Gasteiger partial charge is 0.272 e. The average molecular weight is 386 g/mol. The molecule has 1 amide bonds. The number of nitrogens with zero attached hydrogens (tertiary/aromatic N) is 3. The van der Waals surface area contributed by atoms with Crippen LogP contribution in [0, 0.1) is 6.92 Å². The molecule has 0 atom stereocenters. The fourth-order valence-electron chi connectivity index (χ4n) is 3.63. The number of hydrogen-bond donors (Lipinski definition) is 1. The van der Waals surface area contributed by atoms with E-state index in [1.54, 1.807) is 6.20 Å². The fourth-order valence-corrected chi connectivity index (χ4v) is 3.63. The first kappa shape index (κ1) is 19.0. The van der Waals surface area contributed by atoms with Crippen LogP contribution >= 0.6 is 0 Å². The molecule has 1 fully saturated rings. The van der Waals surface area contributed by atoms with Crippen molar-refractivity contribution in [1.29, 1.82) is 0 Å². The summed E-state index contributed by atoms with van der Waals surface area (Å²) in [5.74, 6) is -0.00254. The minimum atomic E-state index is -0.00254. The van der Waals surface area contributed by atoms with Crippen molar-refractivity contribution in [1.82, 2.24) is 9.88 Å². The zero-order valence-corrected chi connectivity index (χ0v) is 16.7. The summed E-state index contributed by atoms with van der Waals surface area (Å²) in [6, 6.07) is 22.4. The predicted octanol–water partition coefficient (Wildman–Crippen LogP) is 3.96. The Morgan fingerprint density at radius 3 is 2.45 bits per heavy atom. The number of piperazine rings is 1. The summed E-state index contributed by atoms with van der Waals surface area (Å²) in [5.41, 5.74) is 5.11. The van der Waals surface area contributed by atoms with E-state index in [0.29, 0.717) is 18.8 Å². The Hall–Kier alpha value is -3.34. The molecule has 0 spiro atoms. The molecule has 0 radical (unpaired) electrons. The van der Waals surface area contributed by atoms with Gasteiger partial charge < -0.3 is 15.1 Å². The third-order valence-corrected chi connectivity index (χ3v) is 5.41. The lowest BCUT2D eigenvalue weighted by atomic mass is 10.1. The highest BCUT2D eigenvalue weighted by Crippen LogP contribution is 2.18. The Labute approximate surface area is 172 Å². The molecule has 5 nitrogen and oxygen atoms in total. The summed E-state index contributed by atoms with van der Waals surface area (Å²) in [5, 5.41) is 3.41. The van der Waals surface area contributed by atoms with E-state index >= 15 is 0 Å². The van der Waals surface area contributed by atoms with E-state index in [4.69, 9.17) is 0 Å². The summed E-state index contributed by atoms with van der Waals surface area (Å²) in [6.45, 7) is 5.90. The van der Waals surface area contributed by atoms with Crippen LogP contribution in [0.5, 0.6) is 0 Å². The largest absolute Gasteiger partial charge is 0.381 e. The van der Waals surface area contributed by atoms with Crippen molar-refractivity contribution < 1.29 is 4.79 Å². The number of carbonyl (C=O) groups is 1. The van der Waals surface area contributed by atoms with Crippen LogP contribution in [0.3, 0.4) is 0 Å². The first-order valence-corrected chi connectivity index (χ1v) is 10.0. The van der Waals surface area contributed by atoms with E-state index in [9.17, 15) is 4.79 Å². The van der Waals surface area contributed by atoms with Gasteiger partial charge in [-0.15, -0.1) is 0 Å². The molecule has 4 rings (SSSR count). The molecule has 148 valence electrons. The van der Waals surface area contributed by atoms with Gasteiger partial charge in [0.2, 0.25) is 0 Å². The van der Waals surface area contributed by atoms with E-state index in [2.05, 4.69) is 46.4 Å². The van der Waals surface area contributed by atoms with Crippen molar-refractivity contribution in [2.45, 2.75) is 13.5 Å². The predicted molar refractivity (Wildman–Crippen MR) is 117 cm³/mol. The molecule has 3 aromatic rings. The third kappa shape index (κ3) is 4.57. The lowest BCUT2D eigenvalue weighted by molar-refractivity contribution is 0.0741. The van der Waals surface area contributed by atoms with Gasteiger partial charge >= 0.3 is 0 Å². The van der Waals surface area contributed by atoms with Crippen LogP contribution in [0.1, 0.15) is 21.6 Å². The van der Waals surface area contributed by atoms with Crippen molar-refractivity contribution in [3.05, 3.63) is 89.7 Å². The minimum absolute atomic E-state index is 0.00254. The van der Waals surface area contributed by atoms with Gasteiger partial charge in [0.25, 0.3) is 5.91 Å². The maximum atomic E-state index is 12.9. The van der Waals surface area contributed by atoms with Crippen LogP contribution in [-0.2, 0) is 6.54 Å². The van der Waals surface area contributed by atoms with E-state index in [0.717, 1.165) is 25.3 Å². The van der Waals surface area contributed by atoms with E-state index < -0.39 is 0 Å². The van der Waals surface area contributed by atoms with Crippen molar-refractivity contribution in [3.63, 3.8) is 0 Å². The number of nitrogens with one attached hydrogen (secondary N) is 1. The number of hydrogen-bond acceptors (Lipinski definition) is 4. The first-order chi connectivity index (χ1) is 14.2. The van der Waals surface area contributed by atoms with Gasteiger partial charge in [-0.25, -0.2) is 0 Å². The molecule has 0 saturated carbocycles. The van der Waals surface area contributed by atoms with Crippen LogP contribution in [0.15, 0.2) is 72.9 Å². The Kier molecular flexibility index (Phi) is 5.75. The Balaban J connectivity index is 1.37. The second-order valence-electron chi connectivity index (χ2n) is 7.32. The number of pyridine rings is 1. The minimum Gasteiger partial charge on any atom is -0.381 e. The maximum absolute atomic E-state index is 12.9. The molecule has 1 N–H and O–H groups in total. The molecule has 0 aliphatic carbocycles. The van der Waals surface area contributed by atoms with Crippen LogP contribution < -0.4 is 10.2 Å². The van der Waals surface area contributed by atoms with E-state index in [1.165, 1.54) is 16.8 Å². The van der Waals surface area contributed by atoms with Gasteiger partial charge in [-0.05, 0) is 42.3 Å². The summed E-state index contributed by atoms with van der Waals surface area (Å²) in [4.78, 5) is 21.5. The molecular formula is C24H26N4O. The quantitative estimate of drug-likeness (QED) is 0.721. The number of carbonyl (C=O) groups excluding carboxylic acids is 1. The highest BCUT2D eigenvalue weighted by Gasteiger charge is 2.23. The Bertz CT molecular complexity index is 965. The average Bonchev–Trinajstić information content (AvgIpc) is 2.79. The second kappa shape index (κ2) is 8.78. The molecule has 2 heterocycles. The number of para-hydroxylation sites is 1. The van der Waals surface area contributed by atoms with E-state index in [1.807, 2.05) is 47.4 Å². The zero-order chi connectivity index (χ0) is 20.1. The van der Waals surface area contributed by atoms with Crippen LogP contribution in [0.2, 0.25) is 0 Å². The van der Waals surface area contributed by atoms with Crippen molar-refractivity contribution in [3.8, 4) is 0 Å². The standard InChI is InChI=1S/C24H26N4O/c1-19-7-5-6-8-20(19)18-26-21-11-12-25-23(17-21)24(29)28-15-13-27(14-16-28)22-9-3-2-4-10-22/h2-12,17H,13-16,18H2,1H3,(H,25,26). The fraction of sp³-hybridized carbons (Fsp3) is 0.250. The summed E-state index contributed by atoms with van der Waals surface area (Å²) < 4.78 is 0. The number of aromatic nitrogens is 1. The first-order valence-electron chi connectivity index (χ1n) is 10.0. The van der Waals surface area contributed by atoms with Crippen molar-refractivity contribution in [2.75, 3.05) is 36.4 Å². The lowest BCUT2D eigenvalue weighted by Gasteiger charge is -2.36. The highest BCUT2D eigenvalue weighted by molar-refractivity contribution is 5.93. The van der Waals surface area contributed by atoms with Gasteiger partial charge in [0.05, 0.1) is 0 Å². The Morgan fingerprint density at radius 1 is 0.966 bits per heavy atom. The summed E-state index contributed by atoms with van der Waals surface area (Å²) >= 11 is 0. The van der Waals surface area contributed by atoms with Crippen LogP contribution in [-0.4, -0.2) is 42.0 Å². The molecule has 29 heavy (non-hydrogen) atoms. The molecule has 1 aromatic heterocycles. The Morgan fingerprint density at radius 2 is 1.69 bits per heavy atom. The maximum Gasteiger partial charge on any atom is 0.272 e. The number of rotatable bonds is 5. The highest BCUT2D eigenvalue weighted by atomic mass is 16.2. The van der Waals surface area contributed by atoms with Crippen molar-refractivity contribution >= 4 is 17.3 Å². The molecule has 0 bridgehead atoms. The van der Waals surface area contributed by atoms with Crippen molar-refractivity contribution in [2.24, 2.45) is 0 Å².